The first-order chi connectivity index (χ1) is 5.83. The molecule has 12 heavy (non-hydrogen) atoms. The SMILES string of the molecule is CC(CCN)SC1CCOCC1. The highest BCUT2D eigenvalue weighted by Crippen LogP contribution is 2.27. The molecule has 72 valence electrons. The van der Waals surface area contributed by atoms with Gasteiger partial charge in [-0.3, -0.25) is 0 Å². The molecule has 1 heterocycles. The van der Waals surface area contributed by atoms with Crippen LogP contribution in [0.4, 0.5) is 0 Å². The van der Waals surface area contributed by atoms with Crippen LogP contribution in [0.15, 0.2) is 0 Å². The molecule has 1 atom stereocenters. The van der Waals surface area contributed by atoms with Gasteiger partial charge in [-0.05, 0) is 25.8 Å². The van der Waals surface area contributed by atoms with E-state index in [-0.39, 0.29) is 0 Å². The molecule has 0 aromatic carbocycles. The van der Waals surface area contributed by atoms with Crippen molar-refractivity contribution in [2.24, 2.45) is 5.73 Å². The van der Waals surface area contributed by atoms with E-state index >= 15 is 0 Å². The summed E-state index contributed by atoms with van der Waals surface area (Å²) in [7, 11) is 0. The quantitative estimate of drug-likeness (QED) is 0.730. The van der Waals surface area contributed by atoms with Crippen LogP contribution in [0.3, 0.4) is 0 Å². The minimum atomic E-state index is 0.720. The van der Waals surface area contributed by atoms with Crippen molar-refractivity contribution in [3.63, 3.8) is 0 Å². The maximum atomic E-state index is 5.50. The molecule has 0 saturated carbocycles. The van der Waals surface area contributed by atoms with Gasteiger partial charge in [0.2, 0.25) is 0 Å². The van der Waals surface area contributed by atoms with Gasteiger partial charge in [-0.1, -0.05) is 6.92 Å². The molecule has 0 radical (unpaired) electrons. The Morgan fingerprint density at radius 1 is 1.50 bits per heavy atom. The zero-order valence-corrected chi connectivity index (χ0v) is 8.61. The highest BCUT2D eigenvalue weighted by atomic mass is 32.2. The number of ether oxygens (including phenoxy) is 1. The minimum absolute atomic E-state index is 0.720. The third kappa shape index (κ3) is 3.78. The maximum absolute atomic E-state index is 5.50. The zero-order chi connectivity index (χ0) is 8.81. The van der Waals surface area contributed by atoms with Gasteiger partial charge in [-0.2, -0.15) is 11.8 Å². The number of hydrogen-bond acceptors (Lipinski definition) is 3. The molecule has 2 nitrogen and oxygen atoms in total. The lowest BCUT2D eigenvalue weighted by molar-refractivity contribution is 0.0999. The third-order valence-electron chi connectivity index (χ3n) is 2.17. The van der Waals surface area contributed by atoms with E-state index in [1.165, 1.54) is 12.8 Å². The van der Waals surface area contributed by atoms with Crippen LogP contribution in [-0.2, 0) is 4.74 Å². The molecule has 1 rings (SSSR count). The molecule has 1 saturated heterocycles. The molecule has 1 aliphatic heterocycles. The van der Waals surface area contributed by atoms with Gasteiger partial charge < -0.3 is 10.5 Å². The van der Waals surface area contributed by atoms with Gasteiger partial charge in [0.15, 0.2) is 0 Å². The van der Waals surface area contributed by atoms with Crippen LogP contribution >= 0.6 is 11.8 Å². The first-order valence-electron chi connectivity index (χ1n) is 4.76. The molecule has 0 aromatic heterocycles. The summed E-state index contributed by atoms with van der Waals surface area (Å²) in [6.07, 6.45) is 3.58. The maximum Gasteiger partial charge on any atom is 0.0476 e. The first kappa shape index (κ1) is 10.4. The fourth-order valence-electron chi connectivity index (χ4n) is 1.44. The van der Waals surface area contributed by atoms with Gasteiger partial charge in [-0.15, -0.1) is 0 Å². The number of thioether (sulfide) groups is 1. The lowest BCUT2D eigenvalue weighted by Gasteiger charge is -2.24. The summed E-state index contributed by atoms with van der Waals surface area (Å²) in [6.45, 7) is 4.99. The largest absolute Gasteiger partial charge is 0.381 e. The molecule has 1 aliphatic rings. The van der Waals surface area contributed by atoms with Crippen molar-refractivity contribution in [1.29, 1.82) is 0 Å². The van der Waals surface area contributed by atoms with E-state index in [9.17, 15) is 0 Å². The van der Waals surface area contributed by atoms with Gasteiger partial charge in [0.1, 0.15) is 0 Å². The third-order valence-corrected chi connectivity index (χ3v) is 3.72. The number of nitrogens with two attached hydrogens (primary N) is 1. The topological polar surface area (TPSA) is 35.2 Å². The Hall–Kier alpha value is 0.270. The second-order valence-corrected chi connectivity index (χ2v) is 5.08. The van der Waals surface area contributed by atoms with Gasteiger partial charge in [0.05, 0.1) is 0 Å². The molecule has 1 fully saturated rings. The molecule has 0 aromatic rings. The Kier molecular flexibility index (Phi) is 5.04. The van der Waals surface area contributed by atoms with E-state index in [4.69, 9.17) is 10.5 Å². The predicted octanol–water partition coefficient (Wildman–Crippen LogP) is 1.64. The van der Waals surface area contributed by atoms with Crippen molar-refractivity contribution in [1.82, 2.24) is 0 Å². The van der Waals surface area contributed by atoms with Crippen LogP contribution in [0.25, 0.3) is 0 Å². The highest BCUT2D eigenvalue weighted by Gasteiger charge is 2.16. The average molecular weight is 189 g/mol. The number of rotatable bonds is 4. The fraction of sp³-hybridized carbons (Fsp3) is 1.00. The van der Waals surface area contributed by atoms with Crippen molar-refractivity contribution in [2.45, 2.75) is 36.7 Å². The van der Waals surface area contributed by atoms with Crippen LogP contribution in [0.5, 0.6) is 0 Å². The molecule has 0 aliphatic carbocycles. The van der Waals surface area contributed by atoms with Gasteiger partial charge in [-0.25, -0.2) is 0 Å². The Morgan fingerprint density at radius 3 is 2.75 bits per heavy atom. The summed E-state index contributed by atoms with van der Waals surface area (Å²) < 4.78 is 5.30. The lowest BCUT2D eigenvalue weighted by atomic mass is 10.2. The van der Waals surface area contributed by atoms with Crippen molar-refractivity contribution in [2.75, 3.05) is 19.8 Å². The summed E-state index contributed by atoms with van der Waals surface area (Å²) in [4.78, 5) is 0. The van der Waals surface area contributed by atoms with Crippen LogP contribution in [0.1, 0.15) is 26.2 Å². The van der Waals surface area contributed by atoms with E-state index < -0.39 is 0 Å². The van der Waals surface area contributed by atoms with Crippen LogP contribution in [-0.4, -0.2) is 30.3 Å². The molecular weight excluding hydrogens is 170 g/mol. The Bertz CT molecular complexity index is 115. The first-order valence-corrected chi connectivity index (χ1v) is 5.70. The predicted molar refractivity (Wildman–Crippen MR) is 54.6 cm³/mol. The van der Waals surface area contributed by atoms with Gasteiger partial charge in [0.25, 0.3) is 0 Å². The van der Waals surface area contributed by atoms with E-state index in [1.54, 1.807) is 0 Å². The smallest absolute Gasteiger partial charge is 0.0476 e. The van der Waals surface area contributed by atoms with Crippen LogP contribution in [0.2, 0.25) is 0 Å². The van der Waals surface area contributed by atoms with Crippen molar-refractivity contribution >= 4 is 11.8 Å². The Balaban J connectivity index is 2.11. The minimum Gasteiger partial charge on any atom is -0.381 e. The Morgan fingerprint density at radius 2 is 2.17 bits per heavy atom. The summed E-state index contributed by atoms with van der Waals surface area (Å²) in [5, 5.41) is 1.54. The van der Waals surface area contributed by atoms with Gasteiger partial charge >= 0.3 is 0 Å². The molecular formula is C9H19NOS. The van der Waals surface area contributed by atoms with Crippen molar-refractivity contribution in [3.05, 3.63) is 0 Å². The summed E-state index contributed by atoms with van der Waals surface area (Å²) in [6, 6.07) is 0. The fourth-order valence-corrected chi connectivity index (χ4v) is 2.84. The second-order valence-electron chi connectivity index (χ2n) is 3.34. The molecule has 0 spiro atoms. The average Bonchev–Trinajstić information content (AvgIpc) is 2.06. The van der Waals surface area contributed by atoms with E-state index in [1.807, 2.05) is 0 Å². The summed E-state index contributed by atoms with van der Waals surface area (Å²) >= 11 is 2.09. The Labute approximate surface area is 79.2 Å². The van der Waals surface area contributed by atoms with Crippen LogP contribution < -0.4 is 5.73 Å². The highest BCUT2D eigenvalue weighted by molar-refractivity contribution is 8.00. The molecule has 1 unspecified atom stereocenters. The molecule has 2 N–H and O–H groups in total. The van der Waals surface area contributed by atoms with Gasteiger partial charge in [0, 0.05) is 23.7 Å². The molecule has 0 bridgehead atoms. The standard InChI is InChI=1S/C9H19NOS/c1-8(2-5-10)12-9-3-6-11-7-4-9/h8-9H,2-7,10H2,1H3. The van der Waals surface area contributed by atoms with Crippen molar-refractivity contribution in [3.8, 4) is 0 Å². The second kappa shape index (κ2) is 5.84. The zero-order valence-electron chi connectivity index (χ0n) is 7.79. The van der Waals surface area contributed by atoms with Crippen LogP contribution in [0, 0.1) is 0 Å². The van der Waals surface area contributed by atoms with Crippen molar-refractivity contribution < 1.29 is 4.74 Å². The summed E-state index contributed by atoms with van der Waals surface area (Å²) in [5.41, 5.74) is 5.50. The summed E-state index contributed by atoms with van der Waals surface area (Å²) in [5.74, 6) is 0. The lowest BCUT2D eigenvalue weighted by Crippen LogP contribution is -2.20. The number of hydrogen-bond donors (Lipinski definition) is 1. The normalized spacial score (nSPS) is 22.5. The molecule has 0 amide bonds. The monoisotopic (exact) mass is 189 g/mol. The van der Waals surface area contributed by atoms with E-state index in [2.05, 4.69) is 18.7 Å². The van der Waals surface area contributed by atoms with E-state index in [0.29, 0.717) is 0 Å². The molecule has 3 heteroatoms. The van der Waals surface area contributed by atoms with E-state index in [0.717, 1.165) is 36.7 Å².